The molecule has 164 valence electrons. The van der Waals surface area contributed by atoms with Crippen LogP contribution in [-0.4, -0.2) is 28.4 Å². The van der Waals surface area contributed by atoms with Crippen LogP contribution >= 0.6 is 0 Å². The van der Waals surface area contributed by atoms with Crippen LogP contribution in [0.5, 0.6) is 0 Å². The lowest BCUT2D eigenvalue weighted by Gasteiger charge is -2.21. The molecule has 4 aromatic rings. The van der Waals surface area contributed by atoms with Crippen molar-refractivity contribution in [2.45, 2.75) is 31.1 Å². The number of imidazole rings is 1. The molecule has 0 spiro atoms. The zero-order valence-corrected chi connectivity index (χ0v) is 18.4. The molecule has 1 fully saturated rings. The van der Waals surface area contributed by atoms with Gasteiger partial charge in [0.15, 0.2) is 0 Å². The van der Waals surface area contributed by atoms with E-state index in [9.17, 15) is 9.59 Å². The van der Waals surface area contributed by atoms with Gasteiger partial charge in [0, 0.05) is 30.4 Å². The number of anilines is 1. The topological polar surface area (TPSA) is 76.0 Å². The fourth-order valence-corrected chi connectivity index (χ4v) is 4.98. The number of nitrogens with one attached hydrogen (secondary N) is 2. The van der Waals surface area contributed by atoms with Gasteiger partial charge in [0.1, 0.15) is 5.82 Å². The molecule has 1 aliphatic heterocycles. The van der Waals surface area contributed by atoms with E-state index in [1.54, 1.807) is 7.05 Å². The first-order valence-corrected chi connectivity index (χ1v) is 11.3. The second-order valence-electron chi connectivity index (χ2n) is 8.89. The highest BCUT2D eigenvalue weighted by molar-refractivity contribution is 5.98. The molecule has 0 atom stereocenters. The summed E-state index contributed by atoms with van der Waals surface area (Å²) in [6.07, 6.45) is 3.28. The molecule has 3 aromatic carbocycles. The lowest BCUT2D eigenvalue weighted by molar-refractivity contribution is -0.116. The SMILES string of the molecule is CNC(=O)c1ccc2c(c1)nc(C1(c3ccccc3)CC1)n2-c1ccc2c(c1)CCC(=O)N2. The Balaban J connectivity index is 1.58. The molecule has 6 nitrogen and oxygen atoms in total. The standard InChI is InChI=1S/C27H24N4O2/c1-28-25(33)18-7-11-23-22(16-18)30-26(27(13-14-27)19-5-3-2-4-6-19)31(23)20-9-10-21-17(15-20)8-12-24(32)29-21/h2-7,9-11,15-16H,8,12-14H2,1H3,(H,28,33)(H,29,32). The molecular weight excluding hydrogens is 412 g/mol. The van der Waals surface area contributed by atoms with Gasteiger partial charge in [-0.15, -0.1) is 0 Å². The smallest absolute Gasteiger partial charge is 0.251 e. The zero-order chi connectivity index (χ0) is 22.6. The van der Waals surface area contributed by atoms with Crippen LogP contribution in [0.1, 0.15) is 46.6 Å². The van der Waals surface area contributed by atoms with Gasteiger partial charge in [0.05, 0.1) is 16.4 Å². The summed E-state index contributed by atoms with van der Waals surface area (Å²) in [5.74, 6) is 0.936. The first-order valence-electron chi connectivity index (χ1n) is 11.3. The van der Waals surface area contributed by atoms with Gasteiger partial charge in [0.2, 0.25) is 5.91 Å². The molecule has 1 saturated carbocycles. The van der Waals surface area contributed by atoms with Gasteiger partial charge in [-0.05, 0) is 66.8 Å². The van der Waals surface area contributed by atoms with E-state index >= 15 is 0 Å². The number of benzene rings is 3. The molecule has 2 heterocycles. The molecule has 33 heavy (non-hydrogen) atoms. The van der Waals surface area contributed by atoms with Crippen molar-refractivity contribution in [2.24, 2.45) is 0 Å². The fraction of sp³-hybridized carbons (Fsp3) is 0.222. The highest BCUT2D eigenvalue weighted by Gasteiger charge is 2.50. The van der Waals surface area contributed by atoms with E-state index in [1.807, 2.05) is 36.4 Å². The van der Waals surface area contributed by atoms with Crippen molar-refractivity contribution in [1.29, 1.82) is 0 Å². The number of hydrogen-bond donors (Lipinski definition) is 2. The summed E-state index contributed by atoms with van der Waals surface area (Å²) < 4.78 is 2.24. The normalized spacial score (nSPS) is 16.2. The summed E-state index contributed by atoms with van der Waals surface area (Å²) in [7, 11) is 1.64. The predicted octanol–water partition coefficient (Wildman–Crippen LogP) is 4.35. The van der Waals surface area contributed by atoms with Gasteiger partial charge in [-0.25, -0.2) is 4.98 Å². The number of nitrogens with zero attached hydrogens (tertiary/aromatic N) is 2. The van der Waals surface area contributed by atoms with E-state index in [1.165, 1.54) is 5.56 Å². The van der Waals surface area contributed by atoms with Crippen LogP contribution in [0.3, 0.4) is 0 Å². The lowest BCUT2D eigenvalue weighted by Crippen LogP contribution is -2.20. The maximum absolute atomic E-state index is 12.3. The van der Waals surface area contributed by atoms with E-state index in [4.69, 9.17) is 4.98 Å². The van der Waals surface area contributed by atoms with Crippen molar-refractivity contribution in [3.05, 3.63) is 89.2 Å². The Bertz CT molecular complexity index is 1420. The molecule has 2 aliphatic rings. The number of amides is 2. The van der Waals surface area contributed by atoms with Crippen molar-refractivity contribution >= 4 is 28.5 Å². The molecule has 0 saturated heterocycles. The molecule has 2 amide bonds. The highest BCUT2D eigenvalue weighted by Crippen LogP contribution is 2.54. The number of fused-ring (bicyclic) bond motifs is 2. The number of aryl methyl sites for hydroxylation is 1. The van der Waals surface area contributed by atoms with E-state index < -0.39 is 0 Å². The Morgan fingerprint density at radius 1 is 1.03 bits per heavy atom. The van der Waals surface area contributed by atoms with E-state index in [-0.39, 0.29) is 17.2 Å². The summed E-state index contributed by atoms with van der Waals surface area (Å²) >= 11 is 0. The van der Waals surface area contributed by atoms with Gasteiger partial charge in [-0.3, -0.25) is 14.2 Å². The fourth-order valence-electron chi connectivity index (χ4n) is 4.98. The third kappa shape index (κ3) is 3.13. The summed E-state index contributed by atoms with van der Waals surface area (Å²) in [5.41, 5.74) is 6.53. The molecule has 2 N–H and O–H groups in total. The maximum atomic E-state index is 12.3. The van der Waals surface area contributed by atoms with Crippen molar-refractivity contribution in [3.8, 4) is 5.69 Å². The molecule has 1 aromatic heterocycles. The second kappa shape index (κ2) is 7.30. The molecule has 1 aliphatic carbocycles. The molecule has 0 radical (unpaired) electrons. The molecule has 0 unspecified atom stereocenters. The lowest BCUT2D eigenvalue weighted by atomic mass is 9.94. The van der Waals surface area contributed by atoms with E-state index in [0.717, 1.165) is 53.1 Å². The Morgan fingerprint density at radius 2 is 1.85 bits per heavy atom. The monoisotopic (exact) mass is 436 g/mol. The Labute approximate surface area is 191 Å². The van der Waals surface area contributed by atoms with Crippen LogP contribution in [0.15, 0.2) is 66.7 Å². The van der Waals surface area contributed by atoms with Crippen LogP contribution in [0.25, 0.3) is 16.7 Å². The van der Waals surface area contributed by atoms with Crippen molar-refractivity contribution in [2.75, 3.05) is 12.4 Å². The molecule has 6 heteroatoms. The number of aromatic nitrogens is 2. The predicted molar refractivity (Wildman–Crippen MR) is 128 cm³/mol. The first kappa shape index (κ1) is 19.7. The molecule has 0 bridgehead atoms. The summed E-state index contributed by atoms with van der Waals surface area (Å²) in [6.45, 7) is 0. The Morgan fingerprint density at radius 3 is 2.61 bits per heavy atom. The zero-order valence-electron chi connectivity index (χ0n) is 18.4. The largest absolute Gasteiger partial charge is 0.355 e. The minimum absolute atomic E-state index is 0.0618. The van der Waals surface area contributed by atoms with Crippen LogP contribution in [0.2, 0.25) is 0 Å². The molecular formula is C27H24N4O2. The van der Waals surface area contributed by atoms with Gasteiger partial charge < -0.3 is 10.6 Å². The second-order valence-corrected chi connectivity index (χ2v) is 8.89. The third-order valence-electron chi connectivity index (χ3n) is 6.89. The van der Waals surface area contributed by atoms with E-state index in [0.29, 0.717) is 12.0 Å². The van der Waals surface area contributed by atoms with Crippen LogP contribution < -0.4 is 10.6 Å². The first-order chi connectivity index (χ1) is 16.1. The van der Waals surface area contributed by atoms with Gasteiger partial charge >= 0.3 is 0 Å². The Hall–Kier alpha value is -3.93. The van der Waals surface area contributed by atoms with Crippen LogP contribution in [0, 0.1) is 0 Å². The van der Waals surface area contributed by atoms with Gasteiger partial charge in [0.25, 0.3) is 5.91 Å². The van der Waals surface area contributed by atoms with Gasteiger partial charge in [-0.2, -0.15) is 0 Å². The number of carbonyl (C=O) groups excluding carboxylic acids is 2. The minimum Gasteiger partial charge on any atom is -0.355 e. The average Bonchev–Trinajstić information content (AvgIpc) is 3.58. The number of carbonyl (C=O) groups is 2. The van der Waals surface area contributed by atoms with Crippen LogP contribution in [0.4, 0.5) is 5.69 Å². The van der Waals surface area contributed by atoms with Crippen molar-refractivity contribution in [1.82, 2.24) is 14.9 Å². The van der Waals surface area contributed by atoms with Gasteiger partial charge in [-0.1, -0.05) is 30.3 Å². The summed E-state index contributed by atoms with van der Waals surface area (Å²) in [4.78, 5) is 29.2. The number of hydrogen-bond acceptors (Lipinski definition) is 3. The van der Waals surface area contributed by atoms with Crippen LogP contribution in [-0.2, 0) is 16.6 Å². The third-order valence-corrected chi connectivity index (χ3v) is 6.89. The average molecular weight is 437 g/mol. The molecule has 6 rings (SSSR count). The maximum Gasteiger partial charge on any atom is 0.251 e. The minimum atomic E-state index is -0.141. The summed E-state index contributed by atoms with van der Waals surface area (Å²) in [5, 5.41) is 5.67. The summed E-state index contributed by atoms with van der Waals surface area (Å²) in [6, 6.07) is 22.4. The Kier molecular flexibility index (Phi) is 4.37. The number of rotatable bonds is 4. The van der Waals surface area contributed by atoms with Crippen molar-refractivity contribution in [3.63, 3.8) is 0 Å². The highest BCUT2D eigenvalue weighted by atomic mass is 16.2. The van der Waals surface area contributed by atoms with E-state index in [2.05, 4.69) is 45.5 Å². The quantitative estimate of drug-likeness (QED) is 0.499. The van der Waals surface area contributed by atoms with Crippen molar-refractivity contribution < 1.29 is 9.59 Å².